The fourth-order valence-corrected chi connectivity index (χ4v) is 2.23. The standard InChI is InChI=1S/C13H15N3O2/c1-9-15-11-8-10(2-3-12(11)18-9)13(17)16-6-4-14-5-7-16/h2-3,8,14H,4-7H2,1H3. The molecule has 1 saturated heterocycles. The van der Waals surface area contributed by atoms with Crippen molar-refractivity contribution >= 4 is 17.0 Å². The molecule has 2 heterocycles. The van der Waals surface area contributed by atoms with Gasteiger partial charge in [0.05, 0.1) is 0 Å². The van der Waals surface area contributed by atoms with E-state index < -0.39 is 0 Å². The molecular weight excluding hydrogens is 230 g/mol. The monoisotopic (exact) mass is 245 g/mol. The second kappa shape index (κ2) is 4.42. The highest BCUT2D eigenvalue weighted by molar-refractivity contribution is 5.97. The Bertz CT molecular complexity index is 585. The van der Waals surface area contributed by atoms with E-state index in [0.29, 0.717) is 11.5 Å². The minimum Gasteiger partial charge on any atom is -0.441 e. The average Bonchev–Trinajstić information content (AvgIpc) is 2.78. The number of piperazine rings is 1. The van der Waals surface area contributed by atoms with Gasteiger partial charge in [-0.05, 0) is 18.2 Å². The van der Waals surface area contributed by atoms with E-state index in [1.807, 2.05) is 11.0 Å². The topological polar surface area (TPSA) is 58.4 Å². The fraction of sp³-hybridized carbons (Fsp3) is 0.385. The summed E-state index contributed by atoms with van der Waals surface area (Å²) in [7, 11) is 0. The molecule has 0 spiro atoms. The Labute approximate surface area is 105 Å². The van der Waals surface area contributed by atoms with Crippen molar-refractivity contribution < 1.29 is 9.21 Å². The minimum atomic E-state index is 0.0686. The van der Waals surface area contributed by atoms with Gasteiger partial charge in [-0.3, -0.25) is 4.79 Å². The first kappa shape index (κ1) is 11.2. The summed E-state index contributed by atoms with van der Waals surface area (Å²) in [5.74, 6) is 0.691. The van der Waals surface area contributed by atoms with Crippen molar-refractivity contribution in [3.8, 4) is 0 Å². The SMILES string of the molecule is Cc1nc2cc(C(=O)N3CCNCC3)ccc2o1. The number of oxazole rings is 1. The number of benzene rings is 1. The lowest BCUT2D eigenvalue weighted by Crippen LogP contribution is -2.46. The molecule has 18 heavy (non-hydrogen) atoms. The molecular formula is C13H15N3O2. The van der Waals surface area contributed by atoms with Gasteiger partial charge in [0, 0.05) is 38.7 Å². The van der Waals surface area contributed by atoms with E-state index in [1.165, 1.54) is 0 Å². The Morgan fingerprint density at radius 2 is 2.17 bits per heavy atom. The molecule has 0 bridgehead atoms. The number of nitrogens with one attached hydrogen (secondary N) is 1. The lowest BCUT2D eigenvalue weighted by Gasteiger charge is -2.27. The molecule has 1 aliphatic heterocycles. The van der Waals surface area contributed by atoms with Crippen molar-refractivity contribution in [3.05, 3.63) is 29.7 Å². The number of amides is 1. The molecule has 0 unspecified atom stereocenters. The van der Waals surface area contributed by atoms with Crippen LogP contribution in [0.25, 0.3) is 11.1 Å². The Morgan fingerprint density at radius 1 is 1.39 bits per heavy atom. The zero-order valence-electron chi connectivity index (χ0n) is 10.3. The van der Waals surface area contributed by atoms with E-state index >= 15 is 0 Å². The van der Waals surface area contributed by atoms with Crippen LogP contribution in [0, 0.1) is 6.92 Å². The number of carbonyl (C=O) groups is 1. The highest BCUT2D eigenvalue weighted by Crippen LogP contribution is 2.18. The smallest absolute Gasteiger partial charge is 0.254 e. The van der Waals surface area contributed by atoms with Crippen LogP contribution >= 0.6 is 0 Å². The van der Waals surface area contributed by atoms with E-state index in [2.05, 4.69) is 10.3 Å². The molecule has 1 N–H and O–H groups in total. The molecule has 2 aromatic rings. The molecule has 0 saturated carbocycles. The number of aromatic nitrogens is 1. The molecule has 1 aromatic heterocycles. The molecule has 5 heteroatoms. The van der Waals surface area contributed by atoms with E-state index in [4.69, 9.17) is 4.42 Å². The van der Waals surface area contributed by atoms with Crippen molar-refractivity contribution in [2.45, 2.75) is 6.92 Å². The van der Waals surface area contributed by atoms with Crippen LogP contribution in [-0.4, -0.2) is 42.0 Å². The maximum atomic E-state index is 12.3. The van der Waals surface area contributed by atoms with Crippen LogP contribution < -0.4 is 5.32 Å². The second-order valence-corrected chi connectivity index (χ2v) is 4.46. The molecule has 0 atom stereocenters. The number of hydrogen-bond acceptors (Lipinski definition) is 4. The quantitative estimate of drug-likeness (QED) is 0.819. The molecule has 94 valence electrons. The molecule has 1 aliphatic rings. The van der Waals surface area contributed by atoms with Gasteiger partial charge in [-0.25, -0.2) is 4.98 Å². The summed E-state index contributed by atoms with van der Waals surface area (Å²) in [5.41, 5.74) is 2.15. The summed E-state index contributed by atoms with van der Waals surface area (Å²) in [6.07, 6.45) is 0. The second-order valence-electron chi connectivity index (χ2n) is 4.46. The van der Waals surface area contributed by atoms with Crippen LogP contribution in [0.15, 0.2) is 22.6 Å². The number of hydrogen-bond donors (Lipinski definition) is 1. The normalized spacial score (nSPS) is 16.2. The summed E-state index contributed by atoms with van der Waals surface area (Å²) in [4.78, 5) is 18.4. The van der Waals surface area contributed by atoms with Crippen LogP contribution in [0.3, 0.4) is 0 Å². The van der Waals surface area contributed by atoms with Crippen LogP contribution in [0.4, 0.5) is 0 Å². The van der Waals surface area contributed by atoms with E-state index in [9.17, 15) is 4.79 Å². The van der Waals surface area contributed by atoms with Crippen molar-refractivity contribution in [2.75, 3.05) is 26.2 Å². The zero-order valence-corrected chi connectivity index (χ0v) is 10.3. The lowest BCUT2D eigenvalue weighted by molar-refractivity contribution is 0.0736. The van der Waals surface area contributed by atoms with Crippen LogP contribution in [-0.2, 0) is 0 Å². The lowest BCUT2D eigenvalue weighted by atomic mass is 10.1. The molecule has 5 nitrogen and oxygen atoms in total. The van der Waals surface area contributed by atoms with Crippen LogP contribution in [0.5, 0.6) is 0 Å². The highest BCUT2D eigenvalue weighted by Gasteiger charge is 2.18. The van der Waals surface area contributed by atoms with Gasteiger partial charge in [0.15, 0.2) is 11.5 Å². The summed E-state index contributed by atoms with van der Waals surface area (Å²) in [6.45, 7) is 5.04. The number of aryl methyl sites for hydroxylation is 1. The molecule has 1 fully saturated rings. The Hall–Kier alpha value is -1.88. The van der Waals surface area contributed by atoms with Crippen LogP contribution in [0.2, 0.25) is 0 Å². The first-order valence-electron chi connectivity index (χ1n) is 6.11. The number of fused-ring (bicyclic) bond motifs is 1. The van der Waals surface area contributed by atoms with Gasteiger partial charge in [0.2, 0.25) is 0 Å². The minimum absolute atomic E-state index is 0.0686. The van der Waals surface area contributed by atoms with Gasteiger partial charge in [0.1, 0.15) is 5.52 Å². The van der Waals surface area contributed by atoms with E-state index in [0.717, 1.165) is 37.3 Å². The van der Waals surface area contributed by atoms with Gasteiger partial charge in [0.25, 0.3) is 5.91 Å². The molecule has 1 amide bonds. The van der Waals surface area contributed by atoms with Gasteiger partial charge in [-0.2, -0.15) is 0 Å². The third-order valence-electron chi connectivity index (χ3n) is 3.15. The van der Waals surface area contributed by atoms with Gasteiger partial charge in [-0.1, -0.05) is 0 Å². The molecule has 3 rings (SSSR count). The Morgan fingerprint density at radius 3 is 2.94 bits per heavy atom. The average molecular weight is 245 g/mol. The van der Waals surface area contributed by atoms with Crippen molar-refractivity contribution in [1.29, 1.82) is 0 Å². The number of carbonyl (C=O) groups excluding carboxylic acids is 1. The van der Waals surface area contributed by atoms with Gasteiger partial charge in [-0.15, -0.1) is 0 Å². The van der Waals surface area contributed by atoms with E-state index in [-0.39, 0.29) is 5.91 Å². The predicted molar refractivity (Wildman–Crippen MR) is 67.5 cm³/mol. The Kier molecular flexibility index (Phi) is 2.76. The van der Waals surface area contributed by atoms with Crippen molar-refractivity contribution in [1.82, 2.24) is 15.2 Å². The molecule has 0 radical (unpaired) electrons. The summed E-state index contributed by atoms with van der Waals surface area (Å²) in [5, 5.41) is 3.23. The highest BCUT2D eigenvalue weighted by atomic mass is 16.3. The van der Waals surface area contributed by atoms with E-state index in [1.54, 1.807) is 19.1 Å². The first-order chi connectivity index (χ1) is 8.74. The zero-order chi connectivity index (χ0) is 12.5. The Balaban J connectivity index is 1.90. The third-order valence-corrected chi connectivity index (χ3v) is 3.15. The summed E-state index contributed by atoms with van der Waals surface area (Å²) >= 11 is 0. The maximum absolute atomic E-state index is 12.3. The maximum Gasteiger partial charge on any atom is 0.254 e. The van der Waals surface area contributed by atoms with Gasteiger partial charge >= 0.3 is 0 Å². The predicted octanol–water partition coefficient (Wildman–Crippen LogP) is 1.18. The van der Waals surface area contributed by atoms with Crippen molar-refractivity contribution in [3.63, 3.8) is 0 Å². The number of nitrogens with zero attached hydrogens (tertiary/aromatic N) is 2. The van der Waals surface area contributed by atoms with Crippen molar-refractivity contribution in [2.24, 2.45) is 0 Å². The fourth-order valence-electron chi connectivity index (χ4n) is 2.23. The molecule has 0 aliphatic carbocycles. The van der Waals surface area contributed by atoms with Crippen LogP contribution in [0.1, 0.15) is 16.2 Å². The summed E-state index contributed by atoms with van der Waals surface area (Å²) < 4.78 is 5.40. The largest absolute Gasteiger partial charge is 0.441 e. The third kappa shape index (κ3) is 1.97. The first-order valence-corrected chi connectivity index (χ1v) is 6.11. The molecule has 1 aromatic carbocycles. The number of rotatable bonds is 1. The van der Waals surface area contributed by atoms with Gasteiger partial charge < -0.3 is 14.6 Å². The summed E-state index contributed by atoms with van der Waals surface area (Å²) in [6, 6.07) is 5.41.